The van der Waals surface area contributed by atoms with Crippen LogP contribution >= 0.6 is 0 Å². The molecule has 0 saturated heterocycles. The van der Waals surface area contributed by atoms with E-state index in [2.05, 4.69) is 26.2 Å². The van der Waals surface area contributed by atoms with Gasteiger partial charge >= 0.3 is 9.05 Å². The van der Waals surface area contributed by atoms with E-state index in [-0.39, 0.29) is 6.10 Å². The molecule has 98 valence electrons. The normalized spacial score (nSPS) is 13.1. The van der Waals surface area contributed by atoms with Gasteiger partial charge in [-0.2, -0.15) is 0 Å². The molecule has 0 bridgehead atoms. The molecule has 0 spiro atoms. The second-order valence-electron chi connectivity index (χ2n) is 4.43. The molecular weight excluding hydrogens is 256 g/mol. The molecule has 0 aliphatic rings. The van der Waals surface area contributed by atoms with Gasteiger partial charge in [0.1, 0.15) is 0 Å². The van der Waals surface area contributed by atoms with Crippen molar-refractivity contribution in [3.63, 3.8) is 0 Å². The Labute approximate surface area is 104 Å². The Morgan fingerprint density at radius 2 is 1.44 bits per heavy atom. The molecule has 0 aliphatic heterocycles. The van der Waals surface area contributed by atoms with Crippen LogP contribution in [0.4, 0.5) is 0 Å². The van der Waals surface area contributed by atoms with Gasteiger partial charge in [0.25, 0.3) is 0 Å². The van der Waals surface area contributed by atoms with Crippen LogP contribution in [0.1, 0.15) is 20.8 Å². The highest BCUT2D eigenvalue weighted by molar-refractivity contribution is 6.71. The van der Waals surface area contributed by atoms with E-state index in [1.165, 1.54) is 0 Å². The van der Waals surface area contributed by atoms with Crippen LogP contribution in [0.5, 0.6) is 0 Å². The zero-order valence-electron chi connectivity index (χ0n) is 11.6. The Hall–Kier alpha value is 0.491. The van der Waals surface area contributed by atoms with E-state index >= 15 is 0 Å². The average molecular weight is 283 g/mol. The molecule has 0 aromatic carbocycles. The van der Waals surface area contributed by atoms with Crippen LogP contribution in [-0.2, 0) is 17.1 Å². The van der Waals surface area contributed by atoms with Gasteiger partial charge in [0, 0.05) is 12.7 Å². The van der Waals surface area contributed by atoms with Crippen molar-refractivity contribution in [3.05, 3.63) is 0 Å². The van der Waals surface area contributed by atoms with Crippen molar-refractivity contribution in [2.75, 3.05) is 6.61 Å². The molecule has 0 unspecified atom stereocenters. The molecule has 0 atom stereocenters. The first-order valence-corrected chi connectivity index (χ1v) is 13.2. The smallest absolute Gasteiger partial charge is 0.398 e. The number of hydrogen-bond acceptors (Lipinski definition) is 4. The summed E-state index contributed by atoms with van der Waals surface area (Å²) >= 11 is 0. The molecule has 0 heterocycles. The lowest BCUT2D eigenvalue weighted by Crippen LogP contribution is -2.55. The Balaban J connectivity index is 4.72. The standard InChI is InChI=1S/C9H26O4Si3/c1-8-10-16(11-9(2)3,12-14(4)5)13-15(6)7/h9,14-15H,8H2,1-7H3. The maximum Gasteiger partial charge on any atom is 0.658 e. The van der Waals surface area contributed by atoms with Crippen LogP contribution in [0.15, 0.2) is 0 Å². The predicted molar refractivity (Wildman–Crippen MR) is 73.5 cm³/mol. The first-order chi connectivity index (χ1) is 7.31. The van der Waals surface area contributed by atoms with Crippen molar-refractivity contribution >= 4 is 27.1 Å². The Morgan fingerprint density at radius 3 is 1.69 bits per heavy atom. The van der Waals surface area contributed by atoms with Gasteiger partial charge in [0.2, 0.25) is 0 Å². The van der Waals surface area contributed by atoms with Crippen LogP contribution in [-0.4, -0.2) is 39.8 Å². The van der Waals surface area contributed by atoms with E-state index in [0.717, 1.165) is 0 Å². The fourth-order valence-corrected chi connectivity index (χ4v) is 8.56. The van der Waals surface area contributed by atoms with E-state index in [0.29, 0.717) is 6.61 Å². The summed E-state index contributed by atoms with van der Waals surface area (Å²) in [5.41, 5.74) is 0. The Morgan fingerprint density at radius 1 is 1.00 bits per heavy atom. The van der Waals surface area contributed by atoms with Crippen molar-refractivity contribution in [1.82, 2.24) is 0 Å². The number of hydrogen-bond donors (Lipinski definition) is 0. The van der Waals surface area contributed by atoms with Crippen LogP contribution in [0.2, 0.25) is 26.2 Å². The highest BCUT2D eigenvalue weighted by Gasteiger charge is 2.47. The van der Waals surface area contributed by atoms with Gasteiger partial charge in [-0.3, -0.25) is 0 Å². The van der Waals surface area contributed by atoms with Gasteiger partial charge in [0.05, 0.1) is 0 Å². The quantitative estimate of drug-likeness (QED) is 0.637. The van der Waals surface area contributed by atoms with Gasteiger partial charge in [-0.25, -0.2) is 0 Å². The first-order valence-electron chi connectivity index (χ1n) is 5.98. The lowest BCUT2D eigenvalue weighted by molar-refractivity contribution is 0.0219. The van der Waals surface area contributed by atoms with E-state index in [1.807, 2.05) is 20.8 Å². The summed E-state index contributed by atoms with van der Waals surface area (Å²) in [4.78, 5) is 0. The van der Waals surface area contributed by atoms with Gasteiger partial charge in [0.15, 0.2) is 18.1 Å². The van der Waals surface area contributed by atoms with Crippen molar-refractivity contribution < 1.29 is 17.1 Å². The van der Waals surface area contributed by atoms with E-state index in [1.54, 1.807) is 0 Å². The third-order valence-corrected chi connectivity index (χ3v) is 8.94. The molecule has 0 amide bonds. The largest absolute Gasteiger partial charge is 0.658 e. The Bertz CT molecular complexity index is 161. The molecule has 4 nitrogen and oxygen atoms in total. The zero-order chi connectivity index (χ0) is 12.8. The van der Waals surface area contributed by atoms with Gasteiger partial charge in [-0.05, 0) is 47.0 Å². The molecule has 0 fully saturated rings. The molecule has 0 radical (unpaired) electrons. The molecule has 0 aromatic heterocycles. The summed E-state index contributed by atoms with van der Waals surface area (Å²) in [6, 6.07) is 0. The summed E-state index contributed by atoms with van der Waals surface area (Å²) in [6.07, 6.45) is 0.0683. The summed E-state index contributed by atoms with van der Waals surface area (Å²) in [6.45, 7) is 14.9. The summed E-state index contributed by atoms with van der Waals surface area (Å²) in [7, 11) is -5.33. The van der Waals surface area contributed by atoms with E-state index in [4.69, 9.17) is 17.1 Å². The summed E-state index contributed by atoms with van der Waals surface area (Å²) < 4.78 is 23.4. The molecule has 16 heavy (non-hydrogen) atoms. The van der Waals surface area contributed by atoms with Gasteiger partial charge in [-0.1, -0.05) is 0 Å². The lowest BCUT2D eigenvalue weighted by Gasteiger charge is -2.32. The van der Waals surface area contributed by atoms with Crippen LogP contribution in [0.25, 0.3) is 0 Å². The van der Waals surface area contributed by atoms with Crippen LogP contribution < -0.4 is 0 Å². The summed E-state index contributed by atoms with van der Waals surface area (Å²) in [5.74, 6) is 0. The fraction of sp³-hybridized carbons (Fsp3) is 1.00. The van der Waals surface area contributed by atoms with Gasteiger partial charge in [-0.15, -0.1) is 0 Å². The van der Waals surface area contributed by atoms with Crippen LogP contribution in [0.3, 0.4) is 0 Å². The second-order valence-corrected chi connectivity index (χ2v) is 12.0. The second kappa shape index (κ2) is 7.75. The van der Waals surface area contributed by atoms with Crippen LogP contribution in [0, 0.1) is 0 Å². The zero-order valence-corrected chi connectivity index (χ0v) is 14.9. The highest BCUT2D eigenvalue weighted by atomic mass is 28.5. The third-order valence-electron chi connectivity index (χ3n) is 1.46. The maximum absolute atomic E-state index is 5.95. The number of rotatable bonds is 8. The van der Waals surface area contributed by atoms with Gasteiger partial charge < -0.3 is 17.1 Å². The molecular formula is C9H26O4Si3. The molecule has 0 rings (SSSR count). The third kappa shape index (κ3) is 6.94. The molecule has 7 heteroatoms. The average Bonchev–Trinajstić information content (AvgIpc) is 1.98. The first kappa shape index (κ1) is 16.5. The minimum atomic E-state index is -2.86. The molecule has 0 aromatic rings. The highest BCUT2D eigenvalue weighted by Crippen LogP contribution is 2.17. The SMILES string of the molecule is CCO[Si](OC(C)C)(O[SiH](C)C)O[SiH](C)C. The van der Waals surface area contributed by atoms with E-state index < -0.39 is 27.1 Å². The lowest BCUT2D eigenvalue weighted by atomic mass is 10.5. The van der Waals surface area contributed by atoms with Crippen molar-refractivity contribution in [3.8, 4) is 0 Å². The van der Waals surface area contributed by atoms with Crippen molar-refractivity contribution in [2.45, 2.75) is 53.1 Å². The van der Waals surface area contributed by atoms with E-state index in [9.17, 15) is 0 Å². The molecule has 0 aliphatic carbocycles. The maximum atomic E-state index is 5.95. The van der Waals surface area contributed by atoms with Crippen molar-refractivity contribution in [2.24, 2.45) is 0 Å². The minimum Gasteiger partial charge on any atom is -0.398 e. The predicted octanol–water partition coefficient (Wildman–Crippen LogP) is 1.88. The molecule has 0 saturated carbocycles. The monoisotopic (exact) mass is 282 g/mol. The molecule has 0 N–H and O–H groups in total. The topological polar surface area (TPSA) is 36.9 Å². The minimum absolute atomic E-state index is 0.0683. The Kier molecular flexibility index (Phi) is 7.98. The van der Waals surface area contributed by atoms with Crippen molar-refractivity contribution in [1.29, 1.82) is 0 Å². The fourth-order valence-electron chi connectivity index (χ4n) is 1.23. The summed E-state index contributed by atoms with van der Waals surface area (Å²) in [5, 5.41) is 0.